The summed E-state index contributed by atoms with van der Waals surface area (Å²) in [5.74, 6) is 0.528. The van der Waals surface area contributed by atoms with Crippen molar-refractivity contribution in [1.29, 1.82) is 0 Å². The Morgan fingerprint density at radius 2 is 2.38 bits per heavy atom. The van der Waals surface area contributed by atoms with Gasteiger partial charge in [0.2, 0.25) is 10.0 Å². The van der Waals surface area contributed by atoms with Gasteiger partial charge in [-0.1, -0.05) is 6.07 Å². The highest BCUT2D eigenvalue weighted by Crippen LogP contribution is 2.16. The molecule has 2 rings (SSSR count). The van der Waals surface area contributed by atoms with Crippen molar-refractivity contribution in [2.45, 2.75) is 17.7 Å². The summed E-state index contributed by atoms with van der Waals surface area (Å²) >= 11 is 1.17. The largest absolute Gasteiger partial charge is 0.447 e. The van der Waals surface area contributed by atoms with E-state index in [1.54, 1.807) is 24.4 Å². The minimum absolute atomic E-state index is 0.117. The number of aryl methyl sites for hydroxylation is 1. The van der Waals surface area contributed by atoms with Crippen molar-refractivity contribution in [3.05, 3.63) is 35.4 Å². The number of nitrogens with zero attached hydrogens (tertiary/aromatic N) is 1. The number of sulfonamides is 1. The van der Waals surface area contributed by atoms with Gasteiger partial charge in [-0.25, -0.2) is 18.1 Å². The minimum atomic E-state index is -3.43. The van der Waals surface area contributed by atoms with Gasteiger partial charge in [0, 0.05) is 0 Å². The van der Waals surface area contributed by atoms with Crippen molar-refractivity contribution >= 4 is 21.4 Å². The van der Waals surface area contributed by atoms with Gasteiger partial charge in [-0.3, -0.25) is 0 Å². The van der Waals surface area contributed by atoms with Crippen LogP contribution in [0.2, 0.25) is 0 Å². The van der Waals surface area contributed by atoms with E-state index in [0.29, 0.717) is 15.7 Å². The van der Waals surface area contributed by atoms with Crippen LogP contribution in [0.15, 0.2) is 32.5 Å². The highest BCUT2D eigenvalue weighted by Gasteiger charge is 2.16. The number of oxazole rings is 1. The van der Waals surface area contributed by atoms with Gasteiger partial charge in [0.25, 0.3) is 0 Å². The Hall–Kier alpha value is -1.18. The molecule has 0 aliphatic rings. The Labute approximate surface area is 97.2 Å². The molecule has 0 aliphatic carbocycles. The van der Waals surface area contributed by atoms with Gasteiger partial charge in [0.15, 0.2) is 6.39 Å². The summed E-state index contributed by atoms with van der Waals surface area (Å²) in [5, 5.41) is 1.72. The Balaban J connectivity index is 2.09. The SMILES string of the molecule is Cc1ncoc1CNS(=O)(=O)c1cccs1. The van der Waals surface area contributed by atoms with Crippen LogP contribution in [0.5, 0.6) is 0 Å². The number of rotatable bonds is 4. The molecule has 0 radical (unpaired) electrons. The maximum Gasteiger partial charge on any atom is 0.250 e. The Morgan fingerprint density at radius 3 is 2.94 bits per heavy atom. The van der Waals surface area contributed by atoms with E-state index in [0.717, 1.165) is 0 Å². The topological polar surface area (TPSA) is 72.2 Å². The second-order valence-corrected chi connectivity index (χ2v) is 6.06. The highest BCUT2D eigenvalue weighted by atomic mass is 32.2. The fourth-order valence-electron chi connectivity index (χ4n) is 1.14. The number of nitrogens with one attached hydrogen (secondary N) is 1. The lowest BCUT2D eigenvalue weighted by Gasteiger charge is -2.02. The molecule has 86 valence electrons. The molecule has 0 bridgehead atoms. The summed E-state index contributed by atoms with van der Waals surface area (Å²) in [4.78, 5) is 3.88. The predicted octanol–water partition coefficient (Wildman–Crippen LogP) is 1.52. The van der Waals surface area contributed by atoms with Crippen LogP contribution >= 0.6 is 11.3 Å². The van der Waals surface area contributed by atoms with Crippen LogP contribution in [0, 0.1) is 6.92 Å². The van der Waals surface area contributed by atoms with Crippen LogP contribution in [0.1, 0.15) is 11.5 Å². The Bertz CT molecular complexity index is 557. The molecule has 2 aromatic rings. The van der Waals surface area contributed by atoms with Crippen molar-refractivity contribution < 1.29 is 12.8 Å². The van der Waals surface area contributed by atoms with E-state index in [-0.39, 0.29) is 6.54 Å². The van der Waals surface area contributed by atoms with Gasteiger partial charge in [0.1, 0.15) is 9.97 Å². The van der Waals surface area contributed by atoms with Crippen molar-refractivity contribution in [3.8, 4) is 0 Å². The summed E-state index contributed by atoms with van der Waals surface area (Å²) in [5.41, 5.74) is 0.689. The van der Waals surface area contributed by atoms with Gasteiger partial charge < -0.3 is 4.42 Å². The molecule has 0 unspecified atom stereocenters. The second kappa shape index (κ2) is 4.36. The molecule has 1 N–H and O–H groups in total. The number of aromatic nitrogens is 1. The fraction of sp³-hybridized carbons (Fsp3) is 0.222. The number of hydrogen-bond donors (Lipinski definition) is 1. The molecule has 0 atom stereocenters. The van der Waals surface area contributed by atoms with Crippen LogP contribution in [0.4, 0.5) is 0 Å². The lowest BCUT2D eigenvalue weighted by molar-refractivity contribution is 0.492. The van der Waals surface area contributed by atoms with Crippen LogP contribution in [-0.2, 0) is 16.6 Å². The first-order valence-electron chi connectivity index (χ1n) is 4.52. The average molecular weight is 258 g/mol. The first kappa shape index (κ1) is 11.3. The van der Waals surface area contributed by atoms with Crippen LogP contribution < -0.4 is 4.72 Å². The molecule has 16 heavy (non-hydrogen) atoms. The molecule has 0 fully saturated rings. The van der Waals surface area contributed by atoms with Crippen molar-refractivity contribution in [2.75, 3.05) is 0 Å². The monoisotopic (exact) mass is 258 g/mol. The quantitative estimate of drug-likeness (QED) is 0.902. The van der Waals surface area contributed by atoms with Gasteiger partial charge in [0.05, 0.1) is 12.2 Å². The van der Waals surface area contributed by atoms with E-state index in [9.17, 15) is 8.42 Å². The molecule has 0 saturated carbocycles. The number of thiophene rings is 1. The summed E-state index contributed by atoms with van der Waals surface area (Å²) in [6.07, 6.45) is 1.30. The van der Waals surface area contributed by atoms with E-state index in [1.165, 1.54) is 17.7 Å². The third-order valence-corrected chi connectivity index (χ3v) is 4.83. The maximum atomic E-state index is 11.7. The summed E-state index contributed by atoms with van der Waals surface area (Å²) < 4.78 is 31.3. The molecule has 2 aromatic heterocycles. The molecule has 0 aliphatic heterocycles. The van der Waals surface area contributed by atoms with Gasteiger partial charge in [-0.05, 0) is 18.4 Å². The van der Waals surface area contributed by atoms with Crippen LogP contribution in [0.25, 0.3) is 0 Å². The Kier molecular flexibility index (Phi) is 3.08. The molecule has 0 saturated heterocycles. The molecule has 7 heteroatoms. The second-order valence-electron chi connectivity index (χ2n) is 3.12. The summed E-state index contributed by atoms with van der Waals surface area (Å²) in [7, 11) is -3.43. The zero-order valence-electron chi connectivity index (χ0n) is 8.50. The van der Waals surface area contributed by atoms with E-state index < -0.39 is 10.0 Å². The summed E-state index contributed by atoms with van der Waals surface area (Å²) in [6, 6.07) is 3.25. The fourth-order valence-corrected chi connectivity index (χ4v) is 3.16. The van der Waals surface area contributed by atoms with E-state index >= 15 is 0 Å². The lowest BCUT2D eigenvalue weighted by atomic mass is 10.4. The number of hydrogen-bond acceptors (Lipinski definition) is 5. The molecular weight excluding hydrogens is 248 g/mol. The highest BCUT2D eigenvalue weighted by molar-refractivity contribution is 7.91. The first-order chi connectivity index (χ1) is 7.59. The van der Waals surface area contributed by atoms with Crippen LogP contribution in [0.3, 0.4) is 0 Å². The third kappa shape index (κ3) is 2.31. The standard InChI is InChI=1S/C9H10N2O3S2/c1-7-8(14-6-10-7)5-11-16(12,13)9-3-2-4-15-9/h2-4,6,11H,5H2,1H3. The average Bonchev–Trinajstić information content (AvgIpc) is 2.85. The molecule has 0 aromatic carbocycles. The Morgan fingerprint density at radius 1 is 1.56 bits per heavy atom. The van der Waals surface area contributed by atoms with E-state index in [2.05, 4.69) is 9.71 Å². The van der Waals surface area contributed by atoms with Crippen molar-refractivity contribution in [1.82, 2.24) is 9.71 Å². The zero-order chi connectivity index (χ0) is 11.6. The van der Waals surface area contributed by atoms with Gasteiger partial charge in [-0.2, -0.15) is 0 Å². The first-order valence-corrected chi connectivity index (χ1v) is 6.88. The molecular formula is C9H10N2O3S2. The minimum Gasteiger partial charge on any atom is -0.447 e. The smallest absolute Gasteiger partial charge is 0.250 e. The van der Waals surface area contributed by atoms with Gasteiger partial charge >= 0.3 is 0 Å². The van der Waals surface area contributed by atoms with Gasteiger partial charge in [-0.15, -0.1) is 11.3 Å². The van der Waals surface area contributed by atoms with Crippen LogP contribution in [-0.4, -0.2) is 13.4 Å². The molecule has 2 heterocycles. The van der Waals surface area contributed by atoms with E-state index in [1.807, 2.05) is 0 Å². The summed E-state index contributed by atoms with van der Waals surface area (Å²) in [6.45, 7) is 1.88. The lowest BCUT2D eigenvalue weighted by Crippen LogP contribution is -2.22. The van der Waals surface area contributed by atoms with E-state index in [4.69, 9.17) is 4.42 Å². The molecule has 0 spiro atoms. The molecule has 0 amide bonds. The third-order valence-electron chi connectivity index (χ3n) is 2.03. The maximum absolute atomic E-state index is 11.7. The normalized spacial score (nSPS) is 11.8. The predicted molar refractivity (Wildman–Crippen MR) is 59.6 cm³/mol. The van der Waals surface area contributed by atoms with Crippen molar-refractivity contribution in [2.24, 2.45) is 0 Å². The van der Waals surface area contributed by atoms with Crippen molar-refractivity contribution in [3.63, 3.8) is 0 Å². The zero-order valence-corrected chi connectivity index (χ0v) is 10.1. The molecule has 5 nitrogen and oxygen atoms in total.